The topological polar surface area (TPSA) is 94.8 Å². The van der Waals surface area contributed by atoms with Gasteiger partial charge < -0.3 is 14.8 Å². The molecule has 2 saturated heterocycles. The van der Waals surface area contributed by atoms with Crippen LogP contribution in [0.3, 0.4) is 0 Å². The molecule has 0 radical (unpaired) electrons. The second-order valence-electron chi connectivity index (χ2n) is 4.79. The Bertz CT molecular complexity index is 381. The van der Waals surface area contributed by atoms with Gasteiger partial charge in [0.1, 0.15) is 0 Å². The molecular formula is C12H19N3O5. The molecule has 2 atom stereocenters. The molecule has 2 rings (SSSR count). The Morgan fingerprint density at radius 3 is 2.45 bits per heavy atom. The van der Waals surface area contributed by atoms with E-state index < -0.39 is 12.1 Å². The molecule has 112 valence electrons. The molecule has 0 aromatic carbocycles. The lowest BCUT2D eigenvalue weighted by Crippen LogP contribution is -2.51. The highest BCUT2D eigenvalue weighted by atomic mass is 16.6. The fraction of sp³-hybridized carbons (Fsp3) is 0.750. The van der Waals surface area contributed by atoms with Crippen molar-refractivity contribution in [3.05, 3.63) is 0 Å². The van der Waals surface area contributed by atoms with Gasteiger partial charge in [0, 0.05) is 13.1 Å². The lowest BCUT2D eigenvalue weighted by molar-refractivity contribution is -0.116. The Labute approximate surface area is 117 Å². The Morgan fingerprint density at radius 2 is 1.95 bits per heavy atom. The SMILES string of the molecule is CCCN(C(=O)NCC1CO1)C(=O)N(C=O)CC1CO1. The van der Waals surface area contributed by atoms with Gasteiger partial charge in [0.05, 0.1) is 32.0 Å². The summed E-state index contributed by atoms with van der Waals surface area (Å²) in [6.45, 7) is 3.83. The number of imide groups is 2. The molecule has 1 N–H and O–H groups in total. The Kier molecular flexibility index (Phi) is 4.91. The highest BCUT2D eigenvalue weighted by Crippen LogP contribution is 2.12. The summed E-state index contributed by atoms with van der Waals surface area (Å²) in [7, 11) is 0. The summed E-state index contributed by atoms with van der Waals surface area (Å²) in [6.07, 6.45) is 0.991. The second-order valence-corrected chi connectivity index (χ2v) is 4.79. The van der Waals surface area contributed by atoms with Gasteiger partial charge in [-0.05, 0) is 6.42 Å². The fourth-order valence-corrected chi connectivity index (χ4v) is 1.70. The maximum absolute atomic E-state index is 12.2. The zero-order valence-electron chi connectivity index (χ0n) is 11.4. The molecule has 2 unspecified atom stereocenters. The molecule has 0 bridgehead atoms. The molecule has 0 aliphatic carbocycles. The smallest absolute Gasteiger partial charge is 0.334 e. The van der Waals surface area contributed by atoms with Gasteiger partial charge in [-0.3, -0.25) is 9.69 Å². The minimum Gasteiger partial charge on any atom is -0.371 e. The van der Waals surface area contributed by atoms with E-state index in [1.807, 2.05) is 6.92 Å². The van der Waals surface area contributed by atoms with Gasteiger partial charge in [0.25, 0.3) is 0 Å². The molecule has 2 aliphatic heterocycles. The number of nitrogens with zero attached hydrogens (tertiary/aromatic N) is 2. The van der Waals surface area contributed by atoms with Crippen molar-refractivity contribution in [2.45, 2.75) is 25.6 Å². The predicted molar refractivity (Wildman–Crippen MR) is 68.0 cm³/mol. The first-order valence-electron chi connectivity index (χ1n) is 6.70. The fourth-order valence-electron chi connectivity index (χ4n) is 1.70. The highest BCUT2D eigenvalue weighted by Gasteiger charge is 2.32. The van der Waals surface area contributed by atoms with E-state index in [-0.39, 0.29) is 25.3 Å². The molecular weight excluding hydrogens is 266 g/mol. The maximum atomic E-state index is 12.2. The van der Waals surface area contributed by atoms with Crippen LogP contribution >= 0.6 is 0 Å². The van der Waals surface area contributed by atoms with Gasteiger partial charge in [-0.15, -0.1) is 0 Å². The number of urea groups is 2. The van der Waals surface area contributed by atoms with Crippen molar-refractivity contribution in [1.29, 1.82) is 0 Å². The zero-order chi connectivity index (χ0) is 14.5. The number of rotatable bonds is 7. The summed E-state index contributed by atoms with van der Waals surface area (Å²) in [4.78, 5) is 37.2. The number of epoxide rings is 2. The van der Waals surface area contributed by atoms with Crippen molar-refractivity contribution >= 4 is 18.5 Å². The van der Waals surface area contributed by atoms with E-state index in [0.29, 0.717) is 32.6 Å². The Morgan fingerprint density at radius 1 is 1.30 bits per heavy atom. The largest absolute Gasteiger partial charge is 0.371 e. The minimum atomic E-state index is -0.619. The molecule has 0 aromatic rings. The van der Waals surface area contributed by atoms with E-state index >= 15 is 0 Å². The molecule has 8 nitrogen and oxygen atoms in total. The maximum Gasteiger partial charge on any atom is 0.334 e. The molecule has 20 heavy (non-hydrogen) atoms. The average molecular weight is 285 g/mol. The summed E-state index contributed by atoms with van der Waals surface area (Å²) in [5.41, 5.74) is 0. The van der Waals surface area contributed by atoms with Crippen LogP contribution in [-0.4, -0.2) is 73.3 Å². The average Bonchev–Trinajstić information content (AvgIpc) is 3.33. The van der Waals surface area contributed by atoms with Crippen LogP contribution in [-0.2, 0) is 14.3 Å². The number of ether oxygens (including phenoxy) is 2. The monoisotopic (exact) mass is 285 g/mol. The van der Waals surface area contributed by atoms with E-state index in [9.17, 15) is 14.4 Å². The standard InChI is InChI=1S/C12H19N3O5/c1-2-3-15(11(17)13-4-9-6-19-9)12(18)14(8-16)5-10-7-20-10/h8-10H,2-7H2,1H3,(H,13,17). The van der Waals surface area contributed by atoms with Crippen LogP contribution < -0.4 is 5.32 Å². The first kappa shape index (κ1) is 14.7. The van der Waals surface area contributed by atoms with Crippen LogP contribution in [0.2, 0.25) is 0 Å². The van der Waals surface area contributed by atoms with E-state index in [4.69, 9.17) is 9.47 Å². The second kappa shape index (κ2) is 6.67. The molecule has 0 aromatic heterocycles. The molecule has 2 aliphatic rings. The number of carbonyl (C=O) groups excluding carboxylic acids is 3. The van der Waals surface area contributed by atoms with Crippen molar-refractivity contribution in [1.82, 2.24) is 15.1 Å². The number of hydrogen-bond acceptors (Lipinski definition) is 5. The summed E-state index contributed by atoms with van der Waals surface area (Å²) < 4.78 is 9.98. The van der Waals surface area contributed by atoms with E-state index in [1.165, 1.54) is 0 Å². The lowest BCUT2D eigenvalue weighted by Gasteiger charge is -2.25. The van der Waals surface area contributed by atoms with E-state index in [0.717, 1.165) is 9.80 Å². The Hall–Kier alpha value is -1.67. The van der Waals surface area contributed by atoms with Crippen LogP contribution in [0, 0.1) is 0 Å². The summed E-state index contributed by atoms with van der Waals surface area (Å²) in [6, 6.07) is -1.12. The number of nitrogens with one attached hydrogen (secondary N) is 1. The molecule has 5 amide bonds. The summed E-state index contributed by atoms with van der Waals surface area (Å²) in [5.74, 6) is 0. The molecule has 8 heteroatoms. The number of amides is 5. The quantitative estimate of drug-likeness (QED) is 0.515. The van der Waals surface area contributed by atoms with Gasteiger partial charge in [-0.25, -0.2) is 14.5 Å². The number of hydrogen-bond donors (Lipinski definition) is 1. The van der Waals surface area contributed by atoms with Crippen molar-refractivity contribution in [2.24, 2.45) is 0 Å². The van der Waals surface area contributed by atoms with Crippen LogP contribution in [0.5, 0.6) is 0 Å². The minimum absolute atomic E-state index is 0.0413. The van der Waals surface area contributed by atoms with Crippen molar-refractivity contribution in [2.75, 3.05) is 32.8 Å². The normalized spacial score (nSPS) is 22.9. The third-order valence-electron chi connectivity index (χ3n) is 2.98. The van der Waals surface area contributed by atoms with Gasteiger partial charge in [0.2, 0.25) is 6.41 Å². The summed E-state index contributed by atoms with van der Waals surface area (Å²) >= 11 is 0. The molecule has 2 heterocycles. The van der Waals surface area contributed by atoms with Gasteiger partial charge in [0.15, 0.2) is 0 Å². The predicted octanol–water partition coefficient (Wildman–Crippen LogP) is -0.216. The van der Waals surface area contributed by atoms with Crippen molar-refractivity contribution < 1.29 is 23.9 Å². The van der Waals surface area contributed by atoms with Crippen molar-refractivity contribution in [3.8, 4) is 0 Å². The first-order valence-corrected chi connectivity index (χ1v) is 6.70. The molecule has 0 spiro atoms. The van der Waals surface area contributed by atoms with E-state index in [1.54, 1.807) is 0 Å². The molecule has 0 saturated carbocycles. The van der Waals surface area contributed by atoms with E-state index in [2.05, 4.69) is 5.32 Å². The Balaban J connectivity index is 1.90. The van der Waals surface area contributed by atoms with Crippen LogP contribution in [0.1, 0.15) is 13.3 Å². The van der Waals surface area contributed by atoms with Crippen molar-refractivity contribution in [3.63, 3.8) is 0 Å². The van der Waals surface area contributed by atoms with Crippen LogP contribution in [0.15, 0.2) is 0 Å². The van der Waals surface area contributed by atoms with Crippen LogP contribution in [0.25, 0.3) is 0 Å². The summed E-state index contributed by atoms with van der Waals surface area (Å²) in [5, 5.41) is 2.63. The third kappa shape index (κ3) is 4.17. The van der Waals surface area contributed by atoms with Gasteiger partial charge in [-0.2, -0.15) is 0 Å². The van der Waals surface area contributed by atoms with Crippen LogP contribution in [0.4, 0.5) is 9.59 Å². The first-order chi connectivity index (χ1) is 9.65. The van der Waals surface area contributed by atoms with Gasteiger partial charge in [-0.1, -0.05) is 6.92 Å². The third-order valence-corrected chi connectivity index (χ3v) is 2.98. The molecule has 2 fully saturated rings. The van der Waals surface area contributed by atoms with Gasteiger partial charge >= 0.3 is 12.1 Å². The lowest BCUT2D eigenvalue weighted by atomic mass is 10.4. The number of carbonyl (C=O) groups is 3. The highest BCUT2D eigenvalue weighted by molar-refractivity contribution is 5.97. The zero-order valence-corrected chi connectivity index (χ0v) is 11.4.